The molecule has 0 bridgehead atoms. The largest absolute Gasteiger partial charge is 0.493 e. The molecule has 0 saturated heterocycles. The van der Waals surface area contributed by atoms with Gasteiger partial charge < -0.3 is 14.8 Å². The first-order valence-electron chi connectivity index (χ1n) is 7.79. The Morgan fingerprint density at radius 3 is 2.30 bits per heavy atom. The summed E-state index contributed by atoms with van der Waals surface area (Å²) in [4.78, 5) is 0. The van der Waals surface area contributed by atoms with E-state index in [-0.39, 0.29) is 6.10 Å². The molecule has 0 fully saturated rings. The molecule has 4 heteroatoms. The lowest BCUT2D eigenvalue weighted by atomic mass is 10.1. The van der Waals surface area contributed by atoms with Gasteiger partial charge in [-0.15, -0.1) is 0 Å². The Labute approximate surface area is 147 Å². The van der Waals surface area contributed by atoms with Crippen LogP contribution >= 0.6 is 15.9 Å². The van der Waals surface area contributed by atoms with Crippen LogP contribution in [0.25, 0.3) is 0 Å². The van der Waals surface area contributed by atoms with Crippen molar-refractivity contribution in [2.75, 3.05) is 7.11 Å². The molecule has 0 saturated carbocycles. The van der Waals surface area contributed by atoms with Crippen LogP contribution in [-0.4, -0.2) is 13.2 Å². The molecule has 3 nitrogen and oxygen atoms in total. The van der Waals surface area contributed by atoms with Crippen molar-refractivity contribution in [3.05, 3.63) is 57.6 Å². The summed E-state index contributed by atoms with van der Waals surface area (Å²) in [6.45, 7) is 7.71. The first-order valence-corrected chi connectivity index (χ1v) is 8.58. The van der Waals surface area contributed by atoms with E-state index >= 15 is 0 Å². The summed E-state index contributed by atoms with van der Waals surface area (Å²) in [5.41, 5.74) is 3.71. The van der Waals surface area contributed by atoms with Crippen LogP contribution in [-0.2, 0) is 13.1 Å². The fourth-order valence-corrected chi connectivity index (χ4v) is 2.87. The lowest BCUT2D eigenvalue weighted by molar-refractivity contribution is 0.228. The van der Waals surface area contributed by atoms with E-state index in [4.69, 9.17) is 9.47 Å². The van der Waals surface area contributed by atoms with Gasteiger partial charge in [0.05, 0.1) is 17.7 Å². The minimum absolute atomic E-state index is 0.103. The Kier molecular flexibility index (Phi) is 6.48. The van der Waals surface area contributed by atoms with Crippen LogP contribution in [0.5, 0.6) is 11.5 Å². The number of nitrogens with one attached hydrogen (secondary N) is 1. The van der Waals surface area contributed by atoms with Gasteiger partial charge in [-0.3, -0.25) is 0 Å². The van der Waals surface area contributed by atoms with Gasteiger partial charge in [-0.2, -0.15) is 0 Å². The van der Waals surface area contributed by atoms with Crippen molar-refractivity contribution in [2.45, 2.75) is 40.0 Å². The Morgan fingerprint density at radius 1 is 1.04 bits per heavy atom. The summed E-state index contributed by atoms with van der Waals surface area (Å²) in [6.07, 6.45) is 0.103. The summed E-state index contributed by atoms with van der Waals surface area (Å²) in [5, 5.41) is 3.46. The summed E-state index contributed by atoms with van der Waals surface area (Å²) in [5.74, 6) is 1.50. The fourth-order valence-electron chi connectivity index (χ4n) is 2.28. The average molecular weight is 378 g/mol. The average Bonchev–Trinajstić information content (AvgIpc) is 2.51. The van der Waals surface area contributed by atoms with E-state index in [0.717, 1.165) is 34.6 Å². The normalized spacial score (nSPS) is 10.9. The molecule has 2 aromatic rings. The quantitative estimate of drug-likeness (QED) is 0.748. The van der Waals surface area contributed by atoms with Crippen molar-refractivity contribution in [3.8, 4) is 11.5 Å². The highest BCUT2D eigenvalue weighted by atomic mass is 79.9. The molecule has 0 atom stereocenters. The predicted octanol–water partition coefficient (Wildman–Crippen LogP) is 4.84. The first kappa shape index (κ1) is 17.8. The van der Waals surface area contributed by atoms with Crippen LogP contribution in [0.15, 0.2) is 40.9 Å². The van der Waals surface area contributed by atoms with Crippen LogP contribution in [0.4, 0.5) is 0 Å². The van der Waals surface area contributed by atoms with E-state index in [0.29, 0.717) is 0 Å². The molecule has 23 heavy (non-hydrogen) atoms. The topological polar surface area (TPSA) is 30.5 Å². The molecular weight excluding hydrogens is 354 g/mol. The lowest BCUT2D eigenvalue weighted by Gasteiger charge is -2.17. The molecule has 0 spiro atoms. The number of methoxy groups -OCH3 is 1. The van der Waals surface area contributed by atoms with Crippen LogP contribution in [0.2, 0.25) is 0 Å². The predicted molar refractivity (Wildman–Crippen MR) is 98.2 cm³/mol. The number of hydrogen-bond acceptors (Lipinski definition) is 3. The highest BCUT2D eigenvalue weighted by Crippen LogP contribution is 2.37. The molecule has 124 valence electrons. The van der Waals surface area contributed by atoms with E-state index < -0.39 is 0 Å². The number of aryl methyl sites for hydroxylation is 1. The molecule has 0 heterocycles. The van der Waals surface area contributed by atoms with Crippen molar-refractivity contribution < 1.29 is 9.47 Å². The van der Waals surface area contributed by atoms with Gasteiger partial charge in [0.2, 0.25) is 0 Å². The van der Waals surface area contributed by atoms with E-state index in [1.165, 1.54) is 11.1 Å². The summed E-state index contributed by atoms with van der Waals surface area (Å²) >= 11 is 3.58. The molecule has 0 unspecified atom stereocenters. The minimum atomic E-state index is 0.103. The van der Waals surface area contributed by atoms with Crippen molar-refractivity contribution in [3.63, 3.8) is 0 Å². The molecule has 0 aromatic heterocycles. The van der Waals surface area contributed by atoms with E-state index in [1.807, 2.05) is 19.9 Å². The summed E-state index contributed by atoms with van der Waals surface area (Å²) < 4.78 is 12.2. The van der Waals surface area contributed by atoms with Gasteiger partial charge in [0.25, 0.3) is 0 Å². The van der Waals surface area contributed by atoms with Gasteiger partial charge in [0.15, 0.2) is 11.5 Å². The van der Waals surface area contributed by atoms with E-state index in [2.05, 4.69) is 58.5 Å². The molecule has 0 aliphatic carbocycles. The van der Waals surface area contributed by atoms with Crippen molar-refractivity contribution in [2.24, 2.45) is 0 Å². The molecule has 0 amide bonds. The smallest absolute Gasteiger partial charge is 0.175 e. The second-order valence-electron chi connectivity index (χ2n) is 5.86. The molecule has 1 N–H and O–H groups in total. The SMILES string of the molecule is COc1cc(CNCc2ccc(C)cc2)cc(Br)c1OC(C)C. The molecule has 2 rings (SSSR count). The van der Waals surface area contributed by atoms with Crippen LogP contribution in [0, 0.1) is 6.92 Å². The third kappa shape index (κ3) is 5.26. The maximum Gasteiger partial charge on any atom is 0.175 e. The molecule has 0 radical (unpaired) electrons. The molecule has 0 aliphatic heterocycles. The number of rotatable bonds is 7. The van der Waals surface area contributed by atoms with Crippen molar-refractivity contribution in [1.82, 2.24) is 5.32 Å². The zero-order valence-corrected chi connectivity index (χ0v) is 15.7. The highest BCUT2D eigenvalue weighted by molar-refractivity contribution is 9.10. The maximum atomic E-state index is 5.81. The van der Waals surface area contributed by atoms with Crippen molar-refractivity contribution >= 4 is 15.9 Å². The minimum Gasteiger partial charge on any atom is -0.493 e. The lowest BCUT2D eigenvalue weighted by Crippen LogP contribution is -2.13. The number of benzene rings is 2. The zero-order chi connectivity index (χ0) is 16.8. The maximum absolute atomic E-state index is 5.81. The van der Waals surface area contributed by atoms with Gasteiger partial charge in [-0.1, -0.05) is 29.8 Å². The van der Waals surface area contributed by atoms with Gasteiger partial charge in [-0.25, -0.2) is 0 Å². The number of halogens is 1. The first-order chi connectivity index (χ1) is 11.0. The van der Waals surface area contributed by atoms with Crippen LogP contribution < -0.4 is 14.8 Å². The van der Waals surface area contributed by atoms with Crippen molar-refractivity contribution in [1.29, 1.82) is 0 Å². The van der Waals surface area contributed by atoms with Gasteiger partial charge in [0, 0.05) is 13.1 Å². The third-order valence-electron chi connectivity index (χ3n) is 3.42. The van der Waals surface area contributed by atoms with Gasteiger partial charge >= 0.3 is 0 Å². The summed E-state index contributed by atoms with van der Waals surface area (Å²) in [6, 6.07) is 12.7. The Bertz CT molecular complexity index is 639. The molecule has 0 aliphatic rings. The second-order valence-corrected chi connectivity index (χ2v) is 6.72. The Morgan fingerprint density at radius 2 is 1.70 bits per heavy atom. The summed E-state index contributed by atoms with van der Waals surface area (Å²) in [7, 11) is 1.67. The standard InChI is InChI=1S/C19H24BrNO2/c1-13(2)23-19-17(20)9-16(10-18(19)22-4)12-21-11-15-7-5-14(3)6-8-15/h5-10,13,21H,11-12H2,1-4H3. The monoisotopic (exact) mass is 377 g/mol. The Balaban J connectivity index is 2.02. The van der Waals surface area contributed by atoms with Gasteiger partial charge in [-0.05, 0) is 60.0 Å². The number of hydrogen-bond donors (Lipinski definition) is 1. The molecule has 2 aromatic carbocycles. The van der Waals surface area contributed by atoms with E-state index in [9.17, 15) is 0 Å². The second kappa shape index (κ2) is 8.37. The zero-order valence-electron chi connectivity index (χ0n) is 14.2. The van der Waals surface area contributed by atoms with Crippen LogP contribution in [0.3, 0.4) is 0 Å². The molecular formula is C19H24BrNO2. The van der Waals surface area contributed by atoms with Gasteiger partial charge in [0.1, 0.15) is 0 Å². The Hall–Kier alpha value is -1.52. The fraction of sp³-hybridized carbons (Fsp3) is 0.368. The van der Waals surface area contributed by atoms with E-state index in [1.54, 1.807) is 7.11 Å². The third-order valence-corrected chi connectivity index (χ3v) is 4.01. The number of ether oxygens (including phenoxy) is 2. The highest BCUT2D eigenvalue weighted by Gasteiger charge is 2.13. The van der Waals surface area contributed by atoms with Crippen LogP contribution in [0.1, 0.15) is 30.5 Å².